The monoisotopic (exact) mass is 673 g/mol. The molecule has 1 heterocycles. The third-order valence-corrected chi connectivity index (χ3v) is 11.8. The maximum absolute atomic E-state index is 5.33. The largest absolute Gasteiger partial charge is 0.247 e. The lowest BCUT2D eigenvalue weighted by Crippen LogP contribution is -2.15. The van der Waals surface area contributed by atoms with Crippen LogP contribution in [-0.4, -0.2) is 4.98 Å². The first-order valence-electron chi connectivity index (χ1n) is 18.6. The summed E-state index contributed by atoms with van der Waals surface area (Å²) >= 11 is 0. The van der Waals surface area contributed by atoms with Crippen molar-refractivity contribution in [2.75, 3.05) is 0 Å². The molecule has 0 N–H and O–H groups in total. The van der Waals surface area contributed by atoms with Gasteiger partial charge in [0, 0.05) is 16.5 Å². The second kappa shape index (κ2) is 11.2. The number of hydrogen-bond donors (Lipinski definition) is 0. The fraction of sp³-hybridized carbons (Fsp3) is 0.0577. The molecule has 0 amide bonds. The van der Waals surface area contributed by atoms with Crippen molar-refractivity contribution in [3.8, 4) is 78.1 Å². The number of hydrogen-bond acceptors (Lipinski definition) is 1. The standard InChI is InChI=1S/C52H35N/c1-52(2)43-28-25-35(31-42(43)51-44(52)29-30-45(53-51)32-15-6-3-7-16-32)36-26-27-41-48-37(36)23-14-24-40(48)49-46(33-17-8-4-9-18-33)38-21-12-13-22-39(38)47(50(41)49)34-19-10-5-11-20-34/h3-31H,1-2H3. The molecular weight excluding hydrogens is 639 g/mol. The molecule has 0 fully saturated rings. The van der Waals surface area contributed by atoms with Crippen molar-refractivity contribution < 1.29 is 0 Å². The molecule has 0 spiro atoms. The van der Waals surface area contributed by atoms with Gasteiger partial charge in [0.1, 0.15) is 0 Å². The quantitative estimate of drug-likeness (QED) is 0.181. The van der Waals surface area contributed by atoms with Crippen molar-refractivity contribution in [3.63, 3.8) is 0 Å². The van der Waals surface area contributed by atoms with Crippen LogP contribution in [0.1, 0.15) is 25.0 Å². The van der Waals surface area contributed by atoms with Crippen molar-refractivity contribution in [1.29, 1.82) is 0 Å². The third-order valence-electron chi connectivity index (χ3n) is 11.8. The number of rotatable bonds is 4. The molecular formula is C52H35N. The average Bonchev–Trinajstić information content (AvgIpc) is 3.66. The summed E-state index contributed by atoms with van der Waals surface area (Å²) in [6, 6.07) is 64.6. The maximum Gasteiger partial charge on any atom is 0.0753 e. The maximum atomic E-state index is 5.33. The summed E-state index contributed by atoms with van der Waals surface area (Å²) in [5.41, 5.74) is 19.8. The second-order valence-electron chi connectivity index (χ2n) is 15.0. The van der Waals surface area contributed by atoms with Crippen LogP contribution in [0.25, 0.3) is 99.7 Å². The molecule has 1 heteroatoms. The first kappa shape index (κ1) is 30.1. The Morgan fingerprint density at radius 1 is 0.358 bits per heavy atom. The lowest BCUT2D eigenvalue weighted by Gasteiger charge is -2.21. The van der Waals surface area contributed by atoms with E-state index in [-0.39, 0.29) is 5.41 Å². The fourth-order valence-corrected chi connectivity index (χ4v) is 9.40. The van der Waals surface area contributed by atoms with Gasteiger partial charge in [-0.1, -0.05) is 178 Å². The highest BCUT2D eigenvalue weighted by Crippen LogP contribution is 2.59. The summed E-state index contributed by atoms with van der Waals surface area (Å²) in [6.07, 6.45) is 0. The van der Waals surface area contributed by atoms with Gasteiger partial charge in [0.15, 0.2) is 0 Å². The van der Waals surface area contributed by atoms with Crippen molar-refractivity contribution in [3.05, 3.63) is 187 Å². The van der Waals surface area contributed by atoms with Crippen LogP contribution in [-0.2, 0) is 5.41 Å². The zero-order valence-corrected chi connectivity index (χ0v) is 29.7. The summed E-state index contributed by atoms with van der Waals surface area (Å²) < 4.78 is 0. The van der Waals surface area contributed by atoms with Gasteiger partial charge >= 0.3 is 0 Å². The summed E-state index contributed by atoms with van der Waals surface area (Å²) in [5.74, 6) is 0. The van der Waals surface area contributed by atoms with Gasteiger partial charge in [0.2, 0.25) is 0 Å². The molecule has 0 saturated heterocycles. The molecule has 0 atom stereocenters. The predicted molar refractivity (Wildman–Crippen MR) is 223 cm³/mol. The zero-order valence-electron chi connectivity index (χ0n) is 29.7. The molecule has 8 aromatic carbocycles. The van der Waals surface area contributed by atoms with Crippen LogP contribution in [0.15, 0.2) is 176 Å². The number of aromatic nitrogens is 1. The summed E-state index contributed by atoms with van der Waals surface area (Å²) in [5, 5.41) is 5.17. The molecule has 1 nitrogen and oxygen atoms in total. The average molecular weight is 674 g/mol. The first-order chi connectivity index (χ1) is 26.1. The molecule has 9 aromatic rings. The highest BCUT2D eigenvalue weighted by Gasteiger charge is 2.37. The van der Waals surface area contributed by atoms with Crippen LogP contribution in [0, 0.1) is 0 Å². The highest BCUT2D eigenvalue weighted by molar-refractivity contribution is 6.28. The van der Waals surface area contributed by atoms with Crippen LogP contribution < -0.4 is 0 Å². The van der Waals surface area contributed by atoms with Gasteiger partial charge in [-0.25, -0.2) is 4.98 Å². The molecule has 0 aliphatic heterocycles. The first-order valence-corrected chi connectivity index (χ1v) is 18.6. The molecule has 0 bridgehead atoms. The van der Waals surface area contributed by atoms with Crippen LogP contribution >= 0.6 is 0 Å². The van der Waals surface area contributed by atoms with Gasteiger partial charge in [-0.05, 0) is 100 Å². The minimum atomic E-state index is -0.126. The van der Waals surface area contributed by atoms with E-state index >= 15 is 0 Å². The number of benzene rings is 8. The molecule has 0 radical (unpaired) electrons. The highest BCUT2D eigenvalue weighted by atomic mass is 14.7. The lowest BCUT2D eigenvalue weighted by atomic mass is 9.82. The van der Waals surface area contributed by atoms with E-state index in [0.717, 1.165) is 17.0 Å². The summed E-state index contributed by atoms with van der Waals surface area (Å²) in [6.45, 7) is 4.66. The molecule has 2 aliphatic rings. The molecule has 0 saturated carbocycles. The van der Waals surface area contributed by atoms with Crippen molar-refractivity contribution in [1.82, 2.24) is 4.98 Å². The minimum absolute atomic E-state index is 0.126. The Kier molecular flexibility index (Phi) is 6.37. The fourth-order valence-electron chi connectivity index (χ4n) is 9.40. The Morgan fingerprint density at radius 3 is 1.53 bits per heavy atom. The van der Waals surface area contributed by atoms with Crippen LogP contribution in [0.2, 0.25) is 0 Å². The smallest absolute Gasteiger partial charge is 0.0753 e. The minimum Gasteiger partial charge on any atom is -0.247 e. The van der Waals surface area contributed by atoms with E-state index in [1.807, 2.05) is 0 Å². The van der Waals surface area contributed by atoms with E-state index in [0.29, 0.717) is 0 Å². The second-order valence-corrected chi connectivity index (χ2v) is 15.0. The van der Waals surface area contributed by atoms with E-state index in [1.165, 1.54) is 93.9 Å². The Morgan fingerprint density at radius 2 is 0.887 bits per heavy atom. The SMILES string of the molecule is CC1(C)c2ccc(-c3ccc4c5c(cccc35)-c3c-4c(-c4ccccc4)c4ccccc4c3-c3ccccc3)cc2-c2nc(-c3ccccc3)ccc21. The summed E-state index contributed by atoms with van der Waals surface area (Å²) in [7, 11) is 0. The van der Waals surface area contributed by atoms with E-state index in [1.54, 1.807) is 0 Å². The van der Waals surface area contributed by atoms with Gasteiger partial charge < -0.3 is 0 Å². The number of nitrogens with zero attached hydrogens (tertiary/aromatic N) is 1. The van der Waals surface area contributed by atoms with Gasteiger partial charge in [-0.3, -0.25) is 0 Å². The third kappa shape index (κ3) is 4.28. The molecule has 11 rings (SSSR count). The van der Waals surface area contributed by atoms with E-state index < -0.39 is 0 Å². The summed E-state index contributed by atoms with van der Waals surface area (Å²) in [4.78, 5) is 5.33. The van der Waals surface area contributed by atoms with Crippen LogP contribution in [0.5, 0.6) is 0 Å². The molecule has 53 heavy (non-hydrogen) atoms. The van der Waals surface area contributed by atoms with Crippen molar-refractivity contribution in [2.45, 2.75) is 19.3 Å². The van der Waals surface area contributed by atoms with E-state index in [9.17, 15) is 0 Å². The zero-order chi connectivity index (χ0) is 35.3. The van der Waals surface area contributed by atoms with Gasteiger partial charge in [0.25, 0.3) is 0 Å². The Balaban J connectivity index is 1.17. The molecule has 1 aromatic heterocycles. The predicted octanol–water partition coefficient (Wildman–Crippen LogP) is 14.0. The van der Waals surface area contributed by atoms with Gasteiger partial charge in [-0.2, -0.15) is 0 Å². The lowest BCUT2D eigenvalue weighted by molar-refractivity contribution is 0.659. The van der Waals surface area contributed by atoms with E-state index in [2.05, 4.69) is 190 Å². The molecule has 248 valence electrons. The Hall–Kier alpha value is -6.57. The van der Waals surface area contributed by atoms with Gasteiger partial charge in [-0.15, -0.1) is 0 Å². The molecule has 2 aliphatic carbocycles. The molecule has 0 unspecified atom stereocenters. The van der Waals surface area contributed by atoms with Crippen molar-refractivity contribution in [2.24, 2.45) is 0 Å². The van der Waals surface area contributed by atoms with Gasteiger partial charge in [0.05, 0.1) is 11.4 Å². The Bertz CT molecular complexity index is 2850. The topological polar surface area (TPSA) is 12.9 Å². The van der Waals surface area contributed by atoms with Crippen molar-refractivity contribution >= 4 is 21.5 Å². The normalized spacial score (nSPS) is 13.2. The van der Waals surface area contributed by atoms with Crippen LogP contribution in [0.4, 0.5) is 0 Å². The number of fused-ring (bicyclic) bond motifs is 7. The number of pyridine rings is 1. The Labute approximate surface area is 309 Å². The van der Waals surface area contributed by atoms with E-state index in [4.69, 9.17) is 4.98 Å². The van der Waals surface area contributed by atoms with Crippen LogP contribution in [0.3, 0.4) is 0 Å².